The SMILES string of the molecule is COc1cccc2ccc(C(C)=O)c(O)c12. The van der Waals surface area contributed by atoms with Crippen LogP contribution in [0.3, 0.4) is 0 Å². The highest BCUT2D eigenvalue weighted by atomic mass is 16.5. The van der Waals surface area contributed by atoms with Gasteiger partial charge in [0.2, 0.25) is 0 Å². The fourth-order valence-corrected chi connectivity index (χ4v) is 1.78. The summed E-state index contributed by atoms with van der Waals surface area (Å²) in [7, 11) is 1.54. The molecule has 0 fully saturated rings. The maximum Gasteiger partial charge on any atom is 0.163 e. The Hall–Kier alpha value is -2.03. The molecule has 0 spiro atoms. The Morgan fingerprint density at radius 3 is 2.62 bits per heavy atom. The minimum Gasteiger partial charge on any atom is -0.506 e. The van der Waals surface area contributed by atoms with Crippen molar-refractivity contribution < 1.29 is 14.6 Å². The first-order chi connectivity index (χ1) is 7.65. The van der Waals surface area contributed by atoms with Crippen LogP contribution >= 0.6 is 0 Å². The maximum absolute atomic E-state index is 11.3. The Balaban J connectivity index is 2.86. The van der Waals surface area contributed by atoms with E-state index in [1.54, 1.807) is 18.2 Å². The van der Waals surface area contributed by atoms with Gasteiger partial charge in [-0.3, -0.25) is 4.79 Å². The van der Waals surface area contributed by atoms with Gasteiger partial charge in [-0.2, -0.15) is 0 Å². The molecule has 16 heavy (non-hydrogen) atoms. The van der Waals surface area contributed by atoms with Crippen LogP contribution in [0.2, 0.25) is 0 Å². The van der Waals surface area contributed by atoms with E-state index in [-0.39, 0.29) is 11.5 Å². The largest absolute Gasteiger partial charge is 0.506 e. The molecule has 0 amide bonds. The highest BCUT2D eigenvalue weighted by Gasteiger charge is 2.13. The maximum atomic E-state index is 11.3. The predicted octanol–water partition coefficient (Wildman–Crippen LogP) is 2.76. The lowest BCUT2D eigenvalue weighted by Gasteiger charge is -2.09. The van der Waals surface area contributed by atoms with Crippen molar-refractivity contribution in [1.82, 2.24) is 0 Å². The molecule has 1 N–H and O–H groups in total. The summed E-state index contributed by atoms with van der Waals surface area (Å²) in [6.07, 6.45) is 0. The van der Waals surface area contributed by atoms with E-state index in [0.717, 1.165) is 5.39 Å². The molecule has 0 aliphatic rings. The Kier molecular flexibility index (Phi) is 2.52. The third-order valence-corrected chi connectivity index (χ3v) is 2.58. The van der Waals surface area contributed by atoms with Gasteiger partial charge in [-0.1, -0.05) is 18.2 Å². The molecule has 0 saturated heterocycles. The van der Waals surface area contributed by atoms with E-state index in [0.29, 0.717) is 16.7 Å². The van der Waals surface area contributed by atoms with Crippen molar-refractivity contribution in [2.45, 2.75) is 6.92 Å². The minimum atomic E-state index is -0.162. The molecule has 2 aromatic carbocycles. The zero-order valence-electron chi connectivity index (χ0n) is 9.15. The van der Waals surface area contributed by atoms with Gasteiger partial charge in [-0.15, -0.1) is 0 Å². The van der Waals surface area contributed by atoms with E-state index in [1.165, 1.54) is 14.0 Å². The second-order valence-corrected chi connectivity index (χ2v) is 3.58. The lowest BCUT2D eigenvalue weighted by atomic mass is 10.0. The standard InChI is InChI=1S/C13H12O3/c1-8(14)10-7-6-9-4-3-5-11(16-2)12(9)13(10)15/h3-7,15H,1-2H3. The quantitative estimate of drug-likeness (QED) is 0.785. The summed E-state index contributed by atoms with van der Waals surface area (Å²) in [5.74, 6) is 0.394. The summed E-state index contributed by atoms with van der Waals surface area (Å²) in [5, 5.41) is 11.5. The number of hydrogen-bond acceptors (Lipinski definition) is 3. The molecule has 0 unspecified atom stereocenters. The van der Waals surface area contributed by atoms with Crippen molar-refractivity contribution in [3.63, 3.8) is 0 Å². The van der Waals surface area contributed by atoms with Crippen molar-refractivity contribution in [2.24, 2.45) is 0 Å². The first kappa shape index (κ1) is 10.5. The Bertz CT molecular complexity index is 558. The third kappa shape index (κ3) is 1.50. The zero-order valence-corrected chi connectivity index (χ0v) is 9.15. The molecule has 2 rings (SSSR count). The van der Waals surface area contributed by atoms with E-state index in [9.17, 15) is 9.90 Å². The van der Waals surface area contributed by atoms with Gasteiger partial charge in [0.25, 0.3) is 0 Å². The number of phenolic OH excluding ortho intramolecular Hbond substituents is 1. The van der Waals surface area contributed by atoms with E-state index in [1.807, 2.05) is 12.1 Å². The van der Waals surface area contributed by atoms with Crippen molar-refractivity contribution >= 4 is 16.6 Å². The Morgan fingerprint density at radius 2 is 2.00 bits per heavy atom. The van der Waals surface area contributed by atoms with Gasteiger partial charge in [-0.05, 0) is 24.4 Å². The number of rotatable bonds is 2. The van der Waals surface area contributed by atoms with Gasteiger partial charge in [-0.25, -0.2) is 0 Å². The fraction of sp³-hybridized carbons (Fsp3) is 0.154. The molecule has 3 nitrogen and oxygen atoms in total. The smallest absolute Gasteiger partial charge is 0.163 e. The van der Waals surface area contributed by atoms with Gasteiger partial charge in [0.1, 0.15) is 11.5 Å². The van der Waals surface area contributed by atoms with Crippen molar-refractivity contribution in [2.75, 3.05) is 7.11 Å². The number of aromatic hydroxyl groups is 1. The zero-order chi connectivity index (χ0) is 11.7. The van der Waals surface area contributed by atoms with Gasteiger partial charge < -0.3 is 9.84 Å². The van der Waals surface area contributed by atoms with Crippen LogP contribution in [0.15, 0.2) is 30.3 Å². The molecule has 0 atom stereocenters. The molecule has 3 heteroatoms. The molecule has 0 aliphatic carbocycles. The number of carbonyl (C=O) groups excluding carboxylic acids is 1. The summed E-state index contributed by atoms with van der Waals surface area (Å²) < 4.78 is 5.17. The van der Waals surface area contributed by atoms with Crippen LogP contribution in [0.5, 0.6) is 11.5 Å². The second kappa shape index (κ2) is 3.85. The monoisotopic (exact) mass is 216 g/mol. The fourth-order valence-electron chi connectivity index (χ4n) is 1.78. The Morgan fingerprint density at radius 1 is 1.25 bits per heavy atom. The number of benzene rings is 2. The summed E-state index contributed by atoms with van der Waals surface area (Å²) in [6, 6.07) is 8.88. The van der Waals surface area contributed by atoms with Crippen molar-refractivity contribution in [1.29, 1.82) is 0 Å². The first-order valence-corrected chi connectivity index (χ1v) is 4.94. The highest BCUT2D eigenvalue weighted by Crippen LogP contribution is 2.35. The molecular weight excluding hydrogens is 204 g/mol. The summed E-state index contributed by atoms with van der Waals surface area (Å²) >= 11 is 0. The van der Waals surface area contributed by atoms with Crippen LogP contribution in [0.25, 0.3) is 10.8 Å². The molecule has 2 aromatic rings. The van der Waals surface area contributed by atoms with Crippen LogP contribution in [0.4, 0.5) is 0 Å². The molecule has 0 aromatic heterocycles. The van der Waals surface area contributed by atoms with E-state index in [2.05, 4.69) is 0 Å². The van der Waals surface area contributed by atoms with Gasteiger partial charge in [0.05, 0.1) is 18.1 Å². The summed E-state index contributed by atoms with van der Waals surface area (Å²) in [6.45, 7) is 1.43. The van der Waals surface area contributed by atoms with Gasteiger partial charge >= 0.3 is 0 Å². The number of hydrogen-bond donors (Lipinski definition) is 1. The van der Waals surface area contributed by atoms with Gasteiger partial charge in [0, 0.05) is 0 Å². The highest BCUT2D eigenvalue weighted by molar-refractivity contribution is 6.05. The third-order valence-electron chi connectivity index (χ3n) is 2.58. The van der Waals surface area contributed by atoms with E-state index >= 15 is 0 Å². The number of Topliss-reactive ketones (excluding diaryl/α,β-unsaturated/α-hetero) is 1. The van der Waals surface area contributed by atoms with Crippen LogP contribution < -0.4 is 4.74 Å². The van der Waals surface area contributed by atoms with Crippen LogP contribution in [0, 0.1) is 0 Å². The molecule has 0 bridgehead atoms. The van der Waals surface area contributed by atoms with Crippen molar-refractivity contribution in [3.8, 4) is 11.5 Å². The number of ether oxygens (including phenoxy) is 1. The van der Waals surface area contributed by atoms with E-state index in [4.69, 9.17) is 4.74 Å². The minimum absolute atomic E-state index is 0.0116. The molecule has 82 valence electrons. The van der Waals surface area contributed by atoms with Crippen LogP contribution in [0.1, 0.15) is 17.3 Å². The lowest BCUT2D eigenvalue weighted by Crippen LogP contribution is -1.94. The van der Waals surface area contributed by atoms with Crippen LogP contribution in [-0.4, -0.2) is 18.0 Å². The summed E-state index contributed by atoms with van der Waals surface area (Å²) in [5.41, 5.74) is 0.317. The molecule has 0 heterocycles. The average molecular weight is 216 g/mol. The number of carbonyl (C=O) groups is 1. The first-order valence-electron chi connectivity index (χ1n) is 4.94. The average Bonchev–Trinajstić information content (AvgIpc) is 2.28. The number of ketones is 1. The van der Waals surface area contributed by atoms with Gasteiger partial charge in [0.15, 0.2) is 5.78 Å². The normalized spacial score (nSPS) is 10.4. The topological polar surface area (TPSA) is 46.5 Å². The molecule has 0 radical (unpaired) electrons. The Labute approximate surface area is 93.3 Å². The molecule has 0 saturated carbocycles. The van der Waals surface area contributed by atoms with Crippen molar-refractivity contribution in [3.05, 3.63) is 35.9 Å². The number of methoxy groups -OCH3 is 1. The predicted molar refractivity (Wildman–Crippen MR) is 62.2 cm³/mol. The summed E-state index contributed by atoms with van der Waals surface area (Å²) in [4.78, 5) is 11.3. The molecule has 0 aliphatic heterocycles. The van der Waals surface area contributed by atoms with E-state index < -0.39 is 0 Å². The number of phenols is 1. The second-order valence-electron chi connectivity index (χ2n) is 3.58. The molecular formula is C13H12O3. The van der Waals surface area contributed by atoms with Crippen LogP contribution in [-0.2, 0) is 0 Å². The lowest BCUT2D eigenvalue weighted by molar-refractivity contribution is 0.101. The number of fused-ring (bicyclic) bond motifs is 1.